The Kier molecular flexibility index (Phi) is 9.01. The van der Waals surface area contributed by atoms with Crippen LogP contribution in [0, 0.1) is 18.6 Å². The molecule has 2 aromatic heterocycles. The van der Waals surface area contributed by atoms with E-state index in [9.17, 15) is 18.7 Å². The molecule has 0 unspecified atom stereocenters. The number of aliphatic hydroxyl groups is 1. The Morgan fingerprint density at radius 2 is 1.65 bits per heavy atom. The van der Waals surface area contributed by atoms with Gasteiger partial charge in [-0.3, -0.25) is 4.79 Å². The van der Waals surface area contributed by atoms with Gasteiger partial charge in [0.05, 0.1) is 13.1 Å². The Balaban J connectivity index is 0.000000171. The molecule has 5 aromatic rings. The summed E-state index contributed by atoms with van der Waals surface area (Å²) in [6.45, 7) is 2.66. The Labute approximate surface area is 245 Å². The van der Waals surface area contributed by atoms with Crippen LogP contribution in [-0.2, 0) is 25.1 Å². The summed E-state index contributed by atoms with van der Waals surface area (Å²) in [6.07, 6.45) is 6.16. The highest BCUT2D eigenvalue weighted by atomic mass is 19.1. The minimum absolute atomic E-state index is 0.0335. The quantitative estimate of drug-likeness (QED) is 0.268. The van der Waals surface area contributed by atoms with Crippen molar-refractivity contribution in [1.29, 1.82) is 0 Å². The molecule has 0 atom stereocenters. The highest BCUT2D eigenvalue weighted by molar-refractivity contribution is 5.95. The normalized spacial score (nSPS) is 12.0. The molecule has 0 saturated heterocycles. The highest BCUT2D eigenvalue weighted by Gasteiger charge is 2.34. The second-order valence-corrected chi connectivity index (χ2v) is 9.85. The summed E-state index contributed by atoms with van der Waals surface area (Å²) < 4.78 is 40.6. The van der Waals surface area contributed by atoms with Gasteiger partial charge in [0.15, 0.2) is 11.5 Å². The minimum Gasteiger partial charge on any atom is -0.454 e. The van der Waals surface area contributed by atoms with Gasteiger partial charge in [-0.25, -0.2) is 28.1 Å². The fraction of sp³-hybridized carbons (Fsp3) is 0.233. The lowest BCUT2D eigenvalue weighted by Gasteiger charge is -2.28. The Hall–Kier alpha value is -5.17. The molecular formula is C30H29F2N7O4. The second-order valence-electron chi connectivity index (χ2n) is 9.85. The van der Waals surface area contributed by atoms with Gasteiger partial charge in [-0.15, -0.1) is 0 Å². The maximum atomic E-state index is 14.1. The van der Waals surface area contributed by atoms with E-state index < -0.39 is 17.2 Å². The average molecular weight is 590 g/mol. The fourth-order valence-electron chi connectivity index (χ4n) is 4.59. The van der Waals surface area contributed by atoms with Crippen LogP contribution in [0.4, 0.5) is 8.78 Å². The van der Waals surface area contributed by atoms with E-state index >= 15 is 0 Å². The summed E-state index contributed by atoms with van der Waals surface area (Å²) >= 11 is 0. The maximum Gasteiger partial charge on any atom is 0.251 e. The third kappa shape index (κ3) is 7.38. The van der Waals surface area contributed by atoms with Crippen LogP contribution in [0.1, 0.15) is 27.0 Å². The monoisotopic (exact) mass is 589 g/mol. The summed E-state index contributed by atoms with van der Waals surface area (Å²) in [4.78, 5) is 19.7. The minimum atomic E-state index is -1.70. The van der Waals surface area contributed by atoms with Crippen LogP contribution in [0.15, 0.2) is 86.0 Å². The molecule has 1 aliphatic rings. The standard InChI is InChI=1S/C17H17NO3.C13H12F2N6O/c1-12-4-2-3-5-14(12)17(19)18-9-8-13-6-7-15-16(10-13)21-11-20-15;14-10-1-2-11(12(15)3-10)13(22,4-20-8-16-6-18-20)5-21-9-17-7-19-21/h2-7,10H,8-9,11H2,1H3,(H,18,19);1-3,6-9,22H,4-5H2. The molecule has 6 rings (SSSR count). The number of benzene rings is 3. The average Bonchev–Trinajstić information content (AvgIpc) is 3.77. The van der Waals surface area contributed by atoms with Crippen LogP contribution < -0.4 is 14.8 Å². The van der Waals surface area contributed by atoms with Crippen molar-refractivity contribution >= 4 is 5.91 Å². The van der Waals surface area contributed by atoms with Crippen LogP contribution in [0.5, 0.6) is 11.5 Å². The Morgan fingerprint density at radius 1 is 0.953 bits per heavy atom. The van der Waals surface area contributed by atoms with Crippen molar-refractivity contribution in [3.63, 3.8) is 0 Å². The van der Waals surface area contributed by atoms with Crippen LogP contribution in [0.25, 0.3) is 0 Å². The van der Waals surface area contributed by atoms with Gasteiger partial charge in [0.1, 0.15) is 42.5 Å². The number of hydrogen-bond donors (Lipinski definition) is 2. The van der Waals surface area contributed by atoms with Crippen molar-refractivity contribution in [2.24, 2.45) is 0 Å². The van der Waals surface area contributed by atoms with Gasteiger partial charge in [0, 0.05) is 23.7 Å². The zero-order valence-electron chi connectivity index (χ0n) is 23.2. The summed E-state index contributed by atoms with van der Waals surface area (Å²) in [7, 11) is 0. The third-order valence-corrected chi connectivity index (χ3v) is 6.74. The van der Waals surface area contributed by atoms with Gasteiger partial charge >= 0.3 is 0 Å². The predicted molar refractivity (Wildman–Crippen MR) is 150 cm³/mol. The molecule has 1 aliphatic heterocycles. The third-order valence-electron chi connectivity index (χ3n) is 6.74. The Morgan fingerprint density at radius 3 is 2.30 bits per heavy atom. The molecule has 0 bridgehead atoms. The number of aryl methyl sites for hydroxylation is 1. The van der Waals surface area contributed by atoms with E-state index in [1.807, 2.05) is 49.4 Å². The van der Waals surface area contributed by atoms with Gasteiger partial charge in [-0.05, 0) is 48.7 Å². The highest BCUT2D eigenvalue weighted by Crippen LogP contribution is 2.32. The molecule has 0 fully saturated rings. The summed E-state index contributed by atoms with van der Waals surface area (Å²) in [5.74, 6) is -0.0397. The van der Waals surface area contributed by atoms with Gasteiger partial charge in [0.25, 0.3) is 5.91 Å². The zero-order chi connectivity index (χ0) is 30.2. The van der Waals surface area contributed by atoms with Crippen molar-refractivity contribution in [3.8, 4) is 11.5 Å². The first-order chi connectivity index (χ1) is 20.8. The van der Waals surface area contributed by atoms with Crippen molar-refractivity contribution in [2.75, 3.05) is 13.3 Å². The number of amides is 1. The summed E-state index contributed by atoms with van der Waals surface area (Å²) in [5, 5.41) is 21.7. The molecule has 1 amide bonds. The van der Waals surface area contributed by atoms with Crippen LogP contribution in [0.2, 0.25) is 0 Å². The van der Waals surface area contributed by atoms with E-state index in [-0.39, 0.29) is 31.4 Å². The number of aromatic nitrogens is 6. The van der Waals surface area contributed by atoms with Crippen molar-refractivity contribution in [1.82, 2.24) is 34.8 Å². The maximum absolute atomic E-state index is 14.1. The zero-order valence-corrected chi connectivity index (χ0v) is 23.2. The van der Waals surface area contributed by atoms with Crippen LogP contribution in [-0.4, -0.2) is 53.9 Å². The lowest BCUT2D eigenvalue weighted by molar-refractivity contribution is -0.00856. The largest absolute Gasteiger partial charge is 0.454 e. The lowest BCUT2D eigenvalue weighted by atomic mass is 9.93. The van der Waals surface area contributed by atoms with Crippen molar-refractivity contribution in [2.45, 2.75) is 32.0 Å². The first-order valence-electron chi connectivity index (χ1n) is 13.4. The van der Waals surface area contributed by atoms with Crippen molar-refractivity contribution in [3.05, 3.63) is 120 Å². The molecular weight excluding hydrogens is 560 g/mol. The predicted octanol–water partition coefficient (Wildman–Crippen LogP) is 3.43. The van der Waals surface area contributed by atoms with E-state index in [2.05, 4.69) is 25.5 Å². The van der Waals surface area contributed by atoms with Gasteiger partial charge < -0.3 is 19.9 Å². The molecule has 0 aliphatic carbocycles. The molecule has 13 heteroatoms. The van der Waals surface area contributed by atoms with Gasteiger partial charge in [0.2, 0.25) is 6.79 Å². The first-order valence-corrected chi connectivity index (χ1v) is 13.4. The van der Waals surface area contributed by atoms with Crippen LogP contribution >= 0.6 is 0 Å². The molecule has 2 N–H and O–H groups in total. The topological polar surface area (TPSA) is 129 Å². The van der Waals surface area contributed by atoms with Gasteiger partial charge in [-0.2, -0.15) is 10.2 Å². The number of hydrogen-bond acceptors (Lipinski definition) is 8. The number of nitrogens with one attached hydrogen (secondary N) is 1. The second kappa shape index (κ2) is 13.2. The van der Waals surface area contributed by atoms with E-state index in [0.29, 0.717) is 6.54 Å². The number of nitrogens with zero attached hydrogens (tertiary/aromatic N) is 6. The number of fused-ring (bicyclic) bond motifs is 1. The lowest BCUT2D eigenvalue weighted by Crippen LogP contribution is -2.37. The molecule has 0 radical (unpaired) electrons. The first kappa shape index (κ1) is 29.3. The van der Waals surface area contributed by atoms with Gasteiger partial charge in [-0.1, -0.05) is 30.3 Å². The number of rotatable bonds is 9. The van der Waals surface area contributed by atoms with Crippen LogP contribution in [0.3, 0.4) is 0 Å². The SMILES string of the molecule is Cc1ccccc1C(=O)NCCc1ccc2c(c1)OCO2.OC(Cn1cncn1)(Cn1cncn1)c1ccc(F)cc1F. The molecule has 3 aromatic carbocycles. The number of halogens is 2. The molecule has 0 spiro atoms. The number of ether oxygens (including phenoxy) is 2. The Bertz CT molecular complexity index is 1630. The number of carbonyl (C=O) groups excluding carboxylic acids is 1. The summed E-state index contributed by atoms with van der Waals surface area (Å²) in [5.41, 5.74) is 1.07. The van der Waals surface area contributed by atoms with E-state index in [1.165, 1.54) is 40.7 Å². The molecule has 3 heterocycles. The molecule has 0 saturated carbocycles. The fourth-order valence-corrected chi connectivity index (χ4v) is 4.59. The van der Waals surface area contributed by atoms with E-state index in [4.69, 9.17) is 9.47 Å². The number of carbonyl (C=O) groups is 1. The van der Waals surface area contributed by atoms with E-state index in [1.54, 1.807) is 0 Å². The molecule has 43 heavy (non-hydrogen) atoms. The molecule has 222 valence electrons. The molecule has 11 nitrogen and oxygen atoms in total. The van der Waals surface area contributed by atoms with E-state index in [0.717, 1.165) is 46.7 Å². The smallest absolute Gasteiger partial charge is 0.251 e. The summed E-state index contributed by atoms with van der Waals surface area (Å²) in [6, 6.07) is 16.5. The van der Waals surface area contributed by atoms with Crippen molar-refractivity contribution < 1.29 is 28.2 Å².